The molecule has 0 radical (unpaired) electrons. The van der Waals surface area contributed by atoms with E-state index < -0.39 is 0 Å². The number of rotatable bonds is 5. The molecule has 0 saturated carbocycles. The van der Waals surface area contributed by atoms with Crippen LogP contribution in [0.1, 0.15) is 15.5 Å². The molecule has 2 N–H and O–H groups in total. The topological polar surface area (TPSA) is 71.7 Å². The van der Waals surface area contributed by atoms with Gasteiger partial charge in [-0.1, -0.05) is 12.1 Å². The van der Waals surface area contributed by atoms with Crippen LogP contribution in [-0.4, -0.2) is 55.6 Å². The Labute approximate surface area is 145 Å². The van der Waals surface area contributed by atoms with Crippen LogP contribution >= 0.6 is 11.3 Å². The summed E-state index contributed by atoms with van der Waals surface area (Å²) in [5.41, 5.74) is 7.15. The summed E-state index contributed by atoms with van der Waals surface area (Å²) < 4.78 is 5.43. The molecule has 2 aromatic rings. The molecule has 3 rings (SSSR count). The van der Waals surface area contributed by atoms with E-state index in [9.17, 15) is 4.79 Å². The highest BCUT2D eigenvalue weighted by atomic mass is 32.1. The normalized spacial score (nSPS) is 14.8. The number of thiazole rings is 1. The summed E-state index contributed by atoms with van der Waals surface area (Å²) in [7, 11) is 1.68. The third-order valence-corrected chi connectivity index (χ3v) is 5.03. The number of carbonyl (C=O) groups excluding carboxylic acids is 1. The van der Waals surface area contributed by atoms with E-state index in [2.05, 4.69) is 16.0 Å². The van der Waals surface area contributed by atoms with Gasteiger partial charge < -0.3 is 20.3 Å². The molecule has 1 saturated heterocycles. The van der Waals surface area contributed by atoms with Gasteiger partial charge in [0.05, 0.1) is 17.8 Å². The van der Waals surface area contributed by atoms with Gasteiger partial charge in [0.1, 0.15) is 11.4 Å². The maximum absolute atomic E-state index is 12.6. The van der Waals surface area contributed by atoms with Crippen molar-refractivity contribution in [2.24, 2.45) is 5.73 Å². The van der Waals surface area contributed by atoms with Crippen LogP contribution in [0, 0.1) is 0 Å². The first-order valence-corrected chi connectivity index (χ1v) is 8.92. The van der Waals surface area contributed by atoms with E-state index in [1.54, 1.807) is 7.11 Å². The number of amides is 1. The number of aromatic nitrogens is 1. The van der Waals surface area contributed by atoms with E-state index in [0.717, 1.165) is 36.0 Å². The Kier molecular flexibility index (Phi) is 5.32. The Morgan fingerprint density at radius 3 is 2.75 bits per heavy atom. The molecule has 0 bridgehead atoms. The van der Waals surface area contributed by atoms with Gasteiger partial charge in [0.15, 0.2) is 0 Å². The highest BCUT2D eigenvalue weighted by molar-refractivity contribution is 7.09. The number of nitrogens with two attached hydrogens (primary N) is 1. The molecular formula is C17H22N4O2S. The van der Waals surface area contributed by atoms with E-state index >= 15 is 0 Å². The van der Waals surface area contributed by atoms with Crippen molar-refractivity contribution in [3.8, 4) is 5.75 Å². The lowest BCUT2D eigenvalue weighted by atomic mass is 10.2. The third-order valence-electron chi connectivity index (χ3n) is 4.12. The monoisotopic (exact) mass is 346 g/mol. The molecule has 1 aliphatic heterocycles. The maximum Gasteiger partial charge on any atom is 0.273 e. The van der Waals surface area contributed by atoms with Gasteiger partial charge in [0.2, 0.25) is 0 Å². The lowest BCUT2D eigenvalue weighted by Gasteiger charge is -2.36. The lowest BCUT2D eigenvalue weighted by molar-refractivity contribution is 0.0741. The van der Waals surface area contributed by atoms with E-state index in [-0.39, 0.29) is 5.91 Å². The van der Waals surface area contributed by atoms with E-state index in [4.69, 9.17) is 10.5 Å². The van der Waals surface area contributed by atoms with Gasteiger partial charge in [0.25, 0.3) is 5.91 Å². The van der Waals surface area contributed by atoms with Crippen LogP contribution in [0.15, 0.2) is 29.6 Å². The molecule has 24 heavy (non-hydrogen) atoms. The molecule has 1 aromatic carbocycles. The van der Waals surface area contributed by atoms with Gasteiger partial charge in [-0.25, -0.2) is 4.98 Å². The highest BCUT2D eigenvalue weighted by Crippen LogP contribution is 2.28. The Balaban J connectivity index is 1.63. The molecule has 128 valence electrons. The van der Waals surface area contributed by atoms with Crippen LogP contribution in [0.4, 0.5) is 5.69 Å². The Bertz CT molecular complexity index is 695. The standard InChI is InChI=1S/C17H22N4O2S/c1-23-15-5-3-2-4-14(15)20-8-10-21(11-9-20)17(22)13-12-24-16(19-13)6-7-18/h2-5,12H,6-11,18H2,1H3. The number of anilines is 1. The zero-order valence-corrected chi connectivity index (χ0v) is 14.6. The molecular weight excluding hydrogens is 324 g/mol. The number of ether oxygens (including phenoxy) is 1. The molecule has 6 nitrogen and oxygen atoms in total. The van der Waals surface area contributed by atoms with Crippen molar-refractivity contribution in [2.75, 3.05) is 44.7 Å². The Hall–Kier alpha value is -2.12. The maximum atomic E-state index is 12.6. The van der Waals surface area contributed by atoms with Gasteiger partial charge in [-0.2, -0.15) is 0 Å². The van der Waals surface area contributed by atoms with Crippen LogP contribution in [0.3, 0.4) is 0 Å². The minimum Gasteiger partial charge on any atom is -0.495 e. The number of benzene rings is 1. The van der Waals surface area contributed by atoms with E-state index in [1.165, 1.54) is 11.3 Å². The second kappa shape index (κ2) is 7.63. The number of hydrogen-bond donors (Lipinski definition) is 1. The number of carbonyl (C=O) groups is 1. The van der Waals surface area contributed by atoms with Crippen molar-refractivity contribution in [1.82, 2.24) is 9.88 Å². The molecule has 1 aromatic heterocycles. The minimum atomic E-state index is 0.00852. The molecule has 1 aliphatic rings. The molecule has 1 fully saturated rings. The van der Waals surface area contributed by atoms with E-state index in [1.807, 2.05) is 28.5 Å². The number of para-hydroxylation sites is 2. The van der Waals surface area contributed by atoms with Gasteiger partial charge in [-0.3, -0.25) is 4.79 Å². The summed E-state index contributed by atoms with van der Waals surface area (Å²) in [6.45, 7) is 3.48. The average molecular weight is 346 g/mol. The second-order valence-electron chi connectivity index (χ2n) is 5.62. The quantitative estimate of drug-likeness (QED) is 0.891. The molecule has 0 aliphatic carbocycles. The zero-order chi connectivity index (χ0) is 16.9. The highest BCUT2D eigenvalue weighted by Gasteiger charge is 2.25. The predicted molar refractivity (Wildman–Crippen MR) is 96.0 cm³/mol. The summed E-state index contributed by atoms with van der Waals surface area (Å²) in [6.07, 6.45) is 0.722. The fourth-order valence-corrected chi connectivity index (χ4v) is 3.64. The first kappa shape index (κ1) is 16.7. The van der Waals surface area contributed by atoms with Crippen molar-refractivity contribution in [1.29, 1.82) is 0 Å². The minimum absolute atomic E-state index is 0.00852. The molecule has 2 heterocycles. The third kappa shape index (κ3) is 3.52. The number of methoxy groups -OCH3 is 1. The summed E-state index contributed by atoms with van der Waals surface area (Å²) in [5.74, 6) is 0.873. The van der Waals surface area contributed by atoms with Crippen molar-refractivity contribution >= 4 is 22.9 Å². The zero-order valence-electron chi connectivity index (χ0n) is 13.8. The first-order chi connectivity index (χ1) is 11.7. The van der Waals surface area contributed by atoms with Crippen LogP contribution in [0.2, 0.25) is 0 Å². The first-order valence-electron chi connectivity index (χ1n) is 8.04. The number of piperazine rings is 1. The molecule has 7 heteroatoms. The van der Waals surface area contributed by atoms with Gasteiger partial charge in [-0.05, 0) is 18.7 Å². The fraction of sp³-hybridized carbons (Fsp3) is 0.412. The van der Waals surface area contributed by atoms with Crippen LogP contribution in [0.25, 0.3) is 0 Å². The SMILES string of the molecule is COc1ccccc1N1CCN(C(=O)c2csc(CCN)n2)CC1. The van der Waals surface area contributed by atoms with Crippen molar-refractivity contribution in [2.45, 2.75) is 6.42 Å². The van der Waals surface area contributed by atoms with Crippen LogP contribution in [0.5, 0.6) is 5.75 Å². The fourth-order valence-electron chi connectivity index (χ4n) is 2.85. The van der Waals surface area contributed by atoms with Crippen molar-refractivity contribution in [3.63, 3.8) is 0 Å². The predicted octanol–water partition coefficient (Wildman–Crippen LogP) is 1.62. The van der Waals surface area contributed by atoms with Crippen molar-refractivity contribution in [3.05, 3.63) is 40.3 Å². The number of hydrogen-bond acceptors (Lipinski definition) is 6. The Morgan fingerprint density at radius 1 is 1.29 bits per heavy atom. The molecule has 0 spiro atoms. The van der Waals surface area contributed by atoms with Crippen LogP contribution in [-0.2, 0) is 6.42 Å². The average Bonchev–Trinajstić information content (AvgIpc) is 3.10. The molecule has 1 amide bonds. The lowest BCUT2D eigenvalue weighted by Crippen LogP contribution is -2.49. The molecule has 0 unspecified atom stereocenters. The van der Waals surface area contributed by atoms with Crippen molar-refractivity contribution < 1.29 is 9.53 Å². The smallest absolute Gasteiger partial charge is 0.273 e. The van der Waals surface area contributed by atoms with Gasteiger partial charge in [0, 0.05) is 38.0 Å². The summed E-state index contributed by atoms with van der Waals surface area (Å²) in [5, 5.41) is 2.76. The van der Waals surface area contributed by atoms with Gasteiger partial charge >= 0.3 is 0 Å². The second-order valence-corrected chi connectivity index (χ2v) is 6.56. The van der Waals surface area contributed by atoms with Gasteiger partial charge in [-0.15, -0.1) is 11.3 Å². The van der Waals surface area contributed by atoms with E-state index in [0.29, 0.717) is 25.3 Å². The Morgan fingerprint density at radius 2 is 2.04 bits per heavy atom. The number of nitrogens with zero attached hydrogens (tertiary/aromatic N) is 3. The molecule has 0 atom stereocenters. The van der Waals surface area contributed by atoms with Crippen LogP contribution < -0.4 is 15.4 Å². The summed E-state index contributed by atoms with van der Waals surface area (Å²) >= 11 is 1.50. The summed E-state index contributed by atoms with van der Waals surface area (Å²) in [4.78, 5) is 21.1. The largest absolute Gasteiger partial charge is 0.495 e. The summed E-state index contributed by atoms with van der Waals surface area (Å²) in [6, 6.07) is 7.98.